The summed E-state index contributed by atoms with van der Waals surface area (Å²) in [7, 11) is 1.51. The van der Waals surface area contributed by atoms with Gasteiger partial charge in [-0.15, -0.1) is 0 Å². The van der Waals surface area contributed by atoms with Gasteiger partial charge in [-0.2, -0.15) is 5.10 Å². The fourth-order valence-corrected chi connectivity index (χ4v) is 1.52. The van der Waals surface area contributed by atoms with Crippen LogP contribution in [0.4, 0.5) is 5.69 Å². The third kappa shape index (κ3) is 2.48. The first-order chi connectivity index (χ1) is 8.72. The Bertz CT molecular complexity index is 525. The molecule has 0 aliphatic carbocycles. The highest BCUT2D eigenvalue weighted by atomic mass is 16.5. The van der Waals surface area contributed by atoms with E-state index in [1.165, 1.54) is 7.11 Å². The topological polar surface area (TPSA) is 69.0 Å². The zero-order valence-corrected chi connectivity index (χ0v) is 10.2. The number of methoxy groups -OCH3 is 1. The van der Waals surface area contributed by atoms with Crippen LogP contribution < -0.4 is 10.1 Å². The summed E-state index contributed by atoms with van der Waals surface area (Å²) in [6.07, 6.45) is 4.98. The first-order valence-electron chi connectivity index (χ1n) is 5.51. The largest absolute Gasteiger partial charge is 0.480 e. The Morgan fingerprint density at radius 3 is 2.94 bits per heavy atom. The summed E-state index contributed by atoms with van der Waals surface area (Å²) in [5.74, 6) is 0.212. The molecule has 0 aromatic carbocycles. The average molecular weight is 246 g/mol. The lowest BCUT2D eigenvalue weighted by atomic mass is 10.3. The molecule has 0 aliphatic rings. The number of hydrogen-bond donors (Lipinski definition) is 1. The highest BCUT2D eigenvalue weighted by Crippen LogP contribution is 2.21. The second kappa shape index (κ2) is 5.31. The Balaban J connectivity index is 2.12. The molecular weight excluding hydrogens is 232 g/mol. The van der Waals surface area contributed by atoms with Crippen LogP contribution >= 0.6 is 0 Å². The third-order valence-corrected chi connectivity index (χ3v) is 2.52. The van der Waals surface area contributed by atoms with E-state index in [1.807, 2.05) is 0 Å². The number of carbonyl (C=O) groups excluding carboxylic acids is 1. The van der Waals surface area contributed by atoms with Crippen LogP contribution in [0.3, 0.4) is 0 Å². The van der Waals surface area contributed by atoms with E-state index in [1.54, 1.807) is 48.4 Å². The Morgan fingerprint density at radius 2 is 2.28 bits per heavy atom. The fourth-order valence-electron chi connectivity index (χ4n) is 1.52. The van der Waals surface area contributed by atoms with E-state index in [-0.39, 0.29) is 5.91 Å². The maximum absolute atomic E-state index is 12.0. The molecule has 0 fully saturated rings. The lowest BCUT2D eigenvalue weighted by Crippen LogP contribution is -2.24. The van der Waals surface area contributed by atoms with Crippen molar-refractivity contribution in [1.82, 2.24) is 14.8 Å². The number of amides is 1. The molecule has 1 unspecified atom stereocenters. The second-order valence-corrected chi connectivity index (χ2v) is 3.71. The lowest BCUT2D eigenvalue weighted by molar-refractivity contribution is -0.119. The van der Waals surface area contributed by atoms with Gasteiger partial charge >= 0.3 is 0 Å². The van der Waals surface area contributed by atoms with Crippen molar-refractivity contribution in [1.29, 1.82) is 0 Å². The number of aromatic nitrogens is 3. The van der Waals surface area contributed by atoms with Crippen LogP contribution in [0.5, 0.6) is 5.88 Å². The molecule has 1 amide bonds. The normalized spacial score (nSPS) is 11.9. The molecule has 6 nitrogen and oxygen atoms in total. The fraction of sp³-hybridized carbons (Fsp3) is 0.250. The van der Waals surface area contributed by atoms with Gasteiger partial charge in [0.15, 0.2) is 0 Å². The Kier molecular flexibility index (Phi) is 3.57. The molecule has 0 spiro atoms. The summed E-state index contributed by atoms with van der Waals surface area (Å²) in [5.41, 5.74) is 0.545. The Labute approximate surface area is 105 Å². The van der Waals surface area contributed by atoms with Crippen molar-refractivity contribution in [2.45, 2.75) is 13.0 Å². The summed E-state index contributed by atoms with van der Waals surface area (Å²) < 4.78 is 6.65. The van der Waals surface area contributed by atoms with E-state index in [0.717, 1.165) is 0 Å². The summed E-state index contributed by atoms with van der Waals surface area (Å²) in [6, 6.07) is 4.84. The molecule has 1 N–H and O–H groups in total. The summed E-state index contributed by atoms with van der Waals surface area (Å²) in [6.45, 7) is 1.77. The first kappa shape index (κ1) is 12.1. The minimum absolute atomic E-state index is 0.176. The van der Waals surface area contributed by atoms with Crippen molar-refractivity contribution in [3.05, 3.63) is 36.8 Å². The van der Waals surface area contributed by atoms with Crippen molar-refractivity contribution >= 4 is 11.6 Å². The van der Waals surface area contributed by atoms with Crippen LogP contribution in [0.1, 0.15) is 13.0 Å². The standard InChI is InChI=1S/C12H14N4O2/c1-9(16-8-4-7-14-16)11(17)15-10-5-3-6-13-12(10)18-2/h3-9H,1-2H3,(H,15,17). The van der Waals surface area contributed by atoms with Crippen molar-refractivity contribution in [2.24, 2.45) is 0 Å². The third-order valence-electron chi connectivity index (χ3n) is 2.52. The summed E-state index contributed by atoms with van der Waals surface area (Å²) in [4.78, 5) is 16.0. The van der Waals surface area contributed by atoms with E-state index in [0.29, 0.717) is 11.6 Å². The van der Waals surface area contributed by atoms with E-state index in [4.69, 9.17) is 4.74 Å². The SMILES string of the molecule is COc1ncccc1NC(=O)C(C)n1cccn1. The van der Waals surface area contributed by atoms with E-state index >= 15 is 0 Å². The molecule has 0 radical (unpaired) electrons. The van der Waals surface area contributed by atoms with E-state index < -0.39 is 6.04 Å². The van der Waals surface area contributed by atoms with Crippen molar-refractivity contribution in [3.63, 3.8) is 0 Å². The van der Waals surface area contributed by atoms with Gasteiger partial charge in [0.2, 0.25) is 11.8 Å². The van der Waals surface area contributed by atoms with Gasteiger partial charge in [-0.1, -0.05) is 0 Å². The van der Waals surface area contributed by atoms with Crippen LogP contribution in [0.15, 0.2) is 36.8 Å². The van der Waals surface area contributed by atoms with Crippen LogP contribution in [-0.4, -0.2) is 27.8 Å². The molecule has 0 saturated heterocycles. The Hall–Kier alpha value is -2.37. The number of rotatable bonds is 4. The van der Waals surface area contributed by atoms with Gasteiger partial charge in [-0.3, -0.25) is 9.48 Å². The molecule has 2 aromatic rings. The smallest absolute Gasteiger partial charge is 0.249 e. The van der Waals surface area contributed by atoms with Crippen LogP contribution in [0.25, 0.3) is 0 Å². The van der Waals surface area contributed by atoms with Crippen LogP contribution in [0, 0.1) is 0 Å². The molecule has 18 heavy (non-hydrogen) atoms. The summed E-state index contributed by atoms with van der Waals surface area (Å²) in [5, 5.41) is 6.79. The highest BCUT2D eigenvalue weighted by Gasteiger charge is 2.16. The zero-order valence-electron chi connectivity index (χ0n) is 10.2. The molecular formula is C12H14N4O2. The monoisotopic (exact) mass is 246 g/mol. The molecule has 2 heterocycles. The maximum Gasteiger partial charge on any atom is 0.249 e. The van der Waals surface area contributed by atoms with Gasteiger partial charge in [0.05, 0.1) is 7.11 Å². The van der Waals surface area contributed by atoms with Crippen molar-refractivity contribution < 1.29 is 9.53 Å². The number of nitrogens with zero attached hydrogens (tertiary/aromatic N) is 3. The van der Waals surface area contributed by atoms with E-state index in [9.17, 15) is 4.79 Å². The zero-order chi connectivity index (χ0) is 13.0. The predicted octanol–water partition coefficient (Wildman–Crippen LogP) is 1.49. The van der Waals surface area contributed by atoms with Gasteiger partial charge < -0.3 is 10.1 Å². The number of anilines is 1. The highest BCUT2D eigenvalue weighted by molar-refractivity contribution is 5.94. The minimum Gasteiger partial charge on any atom is -0.480 e. The lowest BCUT2D eigenvalue weighted by Gasteiger charge is -2.13. The predicted molar refractivity (Wildman–Crippen MR) is 66.4 cm³/mol. The molecule has 0 aliphatic heterocycles. The number of hydrogen-bond acceptors (Lipinski definition) is 4. The minimum atomic E-state index is -0.398. The average Bonchev–Trinajstić information content (AvgIpc) is 2.92. The number of carbonyl (C=O) groups is 1. The van der Waals surface area contributed by atoms with Crippen molar-refractivity contribution in [2.75, 3.05) is 12.4 Å². The maximum atomic E-state index is 12.0. The molecule has 6 heteroatoms. The quantitative estimate of drug-likeness (QED) is 0.887. The van der Waals surface area contributed by atoms with Gasteiger partial charge in [-0.25, -0.2) is 4.98 Å². The Morgan fingerprint density at radius 1 is 1.44 bits per heavy atom. The molecule has 1 atom stereocenters. The molecule has 2 rings (SSSR count). The number of pyridine rings is 1. The number of ether oxygens (including phenoxy) is 1. The van der Waals surface area contributed by atoms with Gasteiger partial charge in [0.1, 0.15) is 11.7 Å². The first-order valence-corrected chi connectivity index (χ1v) is 5.51. The molecule has 2 aromatic heterocycles. The molecule has 0 saturated carbocycles. The van der Waals surface area contributed by atoms with Gasteiger partial charge in [-0.05, 0) is 25.1 Å². The van der Waals surface area contributed by atoms with Crippen LogP contribution in [0.2, 0.25) is 0 Å². The van der Waals surface area contributed by atoms with Crippen LogP contribution in [-0.2, 0) is 4.79 Å². The summed E-state index contributed by atoms with van der Waals surface area (Å²) >= 11 is 0. The van der Waals surface area contributed by atoms with Crippen molar-refractivity contribution in [3.8, 4) is 5.88 Å². The molecule has 0 bridgehead atoms. The van der Waals surface area contributed by atoms with Gasteiger partial charge in [0, 0.05) is 18.6 Å². The van der Waals surface area contributed by atoms with Gasteiger partial charge in [0.25, 0.3) is 0 Å². The molecule has 94 valence electrons. The van der Waals surface area contributed by atoms with E-state index in [2.05, 4.69) is 15.4 Å². The number of nitrogens with one attached hydrogen (secondary N) is 1. The second-order valence-electron chi connectivity index (χ2n) is 3.71.